The molecular weight excluding hydrogens is 202 g/mol. The standard InChI is InChI=1S/C9H13NOS2/c1-6(11)8-5-13-9(10-8)7-2-3-12-4-7/h5-7,11H,2-4H2,1H3. The fourth-order valence-corrected chi connectivity index (χ4v) is 3.78. The van der Waals surface area contributed by atoms with Crippen LogP contribution in [0.4, 0.5) is 0 Å². The van der Waals surface area contributed by atoms with Gasteiger partial charge in [-0.3, -0.25) is 0 Å². The summed E-state index contributed by atoms with van der Waals surface area (Å²) in [7, 11) is 0. The second-order valence-electron chi connectivity index (χ2n) is 3.35. The van der Waals surface area contributed by atoms with Crippen molar-refractivity contribution < 1.29 is 5.11 Å². The highest BCUT2D eigenvalue weighted by Crippen LogP contribution is 2.34. The summed E-state index contributed by atoms with van der Waals surface area (Å²) in [5.74, 6) is 3.10. The molecule has 0 aromatic carbocycles. The Balaban J connectivity index is 2.12. The van der Waals surface area contributed by atoms with E-state index in [1.54, 1.807) is 18.3 Å². The highest BCUT2D eigenvalue weighted by atomic mass is 32.2. The summed E-state index contributed by atoms with van der Waals surface area (Å²) in [5, 5.41) is 12.5. The highest BCUT2D eigenvalue weighted by Gasteiger charge is 2.21. The predicted molar refractivity (Wildman–Crippen MR) is 57.4 cm³/mol. The van der Waals surface area contributed by atoms with Gasteiger partial charge in [-0.05, 0) is 19.1 Å². The van der Waals surface area contributed by atoms with Crippen LogP contribution in [0.1, 0.15) is 36.1 Å². The van der Waals surface area contributed by atoms with E-state index in [1.165, 1.54) is 22.9 Å². The van der Waals surface area contributed by atoms with Crippen LogP contribution in [0.2, 0.25) is 0 Å². The van der Waals surface area contributed by atoms with Gasteiger partial charge in [-0.25, -0.2) is 4.98 Å². The molecule has 1 saturated heterocycles. The van der Waals surface area contributed by atoms with Crippen LogP contribution in [0.15, 0.2) is 5.38 Å². The zero-order valence-electron chi connectivity index (χ0n) is 7.56. The second-order valence-corrected chi connectivity index (χ2v) is 5.39. The molecule has 4 heteroatoms. The van der Waals surface area contributed by atoms with Gasteiger partial charge in [0, 0.05) is 17.1 Å². The normalized spacial score (nSPS) is 24.9. The van der Waals surface area contributed by atoms with E-state index in [1.807, 2.05) is 17.1 Å². The first-order valence-corrected chi connectivity index (χ1v) is 6.52. The van der Waals surface area contributed by atoms with Crippen LogP contribution in [0, 0.1) is 0 Å². The first-order chi connectivity index (χ1) is 6.27. The molecule has 0 bridgehead atoms. The van der Waals surface area contributed by atoms with Gasteiger partial charge in [-0.1, -0.05) is 0 Å². The maximum Gasteiger partial charge on any atom is 0.0969 e. The Hall–Kier alpha value is -0.0600. The largest absolute Gasteiger partial charge is 0.387 e. The monoisotopic (exact) mass is 215 g/mol. The van der Waals surface area contributed by atoms with E-state index in [2.05, 4.69) is 4.98 Å². The Labute approximate surface area is 86.4 Å². The number of thioether (sulfide) groups is 1. The maximum atomic E-state index is 9.32. The van der Waals surface area contributed by atoms with Gasteiger partial charge in [0.05, 0.1) is 16.8 Å². The minimum atomic E-state index is -0.418. The molecule has 1 aliphatic heterocycles. The summed E-state index contributed by atoms with van der Waals surface area (Å²) in [4.78, 5) is 4.45. The maximum absolute atomic E-state index is 9.32. The Morgan fingerprint density at radius 3 is 3.08 bits per heavy atom. The molecule has 0 aliphatic carbocycles. The van der Waals surface area contributed by atoms with Crippen molar-refractivity contribution in [1.29, 1.82) is 0 Å². The number of aliphatic hydroxyl groups is 1. The molecule has 0 saturated carbocycles. The molecule has 1 N–H and O–H groups in total. The van der Waals surface area contributed by atoms with Gasteiger partial charge >= 0.3 is 0 Å². The first kappa shape index (κ1) is 9.49. The Morgan fingerprint density at radius 2 is 2.54 bits per heavy atom. The van der Waals surface area contributed by atoms with E-state index in [9.17, 15) is 5.11 Å². The van der Waals surface area contributed by atoms with Crippen LogP contribution >= 0.6 is 23.1 Å². The molecule has 1 aromatic heterocycles. The van der Waals surface area contributed by atoms with E-state index in [0.717, 1.165) is 5.69 Å². The lowest BCUT2D eigenvalue weighted by Crippen LogP contribution is -1.97. The molecule has 0 amide bonds. The van der Waals surface area contributed by atoms with Crippen LogP contribution in [0.3, 0.4) is 0 Å². The summed E-state index contributed by atoms with van der Waals surface area (Å²) < 4.78 is 0. The molecule has 1 aliphatic rings. The van der Waals surface area contributed by atoms with Crippen LogP contribution in [0.5, 0.6) is 0 Å². The molecule has 2 unspecified atom stereocenters. The van der Waals surface area contributed by atoms with Crippen molar-refractivity contribution in [3.63, 3.8) is 0 Å². The number of hydrogen-bond acceptors (Lipinski definition) is 4. The van der Waals surface area contributed by atoms with Crippen LogP contribution < -0.4 is 0 Å². The van der Waals surface area contributed by atoms with Gasteiger partial charge in [0.15, 0.2) is 0 Å². The SMILES string of the molecule is CC(O)c1csc(C2CCSC2)n1. The van der Waals surface area contributed by atoms with Crippen molar-refractivity contribution in [3.05, 3.63) is 16.1 Å². The average Bonchev–Trinajstić information content (AvgIpc) is 2.75. The quantitative estimate of drug-likeness (QED) is 0.822. The molecule has 1 aromatic rings. The minimum absolute atomic E-state index is 0.418. The fourth-order valence-electron chi connectivity index (χ4n) is 1.41. The average molecular weight is 215 g/mol. The second kappa shape index (κ2) is 3.98. The van der Waals surface area contributed by atoms with Crippen LogP contribution in [-0.4, -0.2) is 21.6 Å². The molecule has 13 heavy (non-hydrogen) atoms. The molecule has 2 heterocycles. The third kappa shape index (κ3) is 2.06. The lowest BCUT2D eigenvalue weighted by Gasteiger charge is -2.02. The fraction of sp³-hybridized carbons (Fsp3) is 0.667. The van der Waals surface area contributed by atoms with Crippen molar-refractivity contribution in [1.82, 2.24) is 4.98 Å². The Bertz CT molecular complexity index is 279. The number of aromatic nitrogens is 1. The van der Waals surface area contributed by atoms with Crippen molar-refractivity contribution >= 4 is 23.1 Å². The molecule has 2 rings (SSSR count). The van der Waals surface area contributed by atoms with E-state index < -0.39 is 6.10 Å². The predicted octanol–water partition coefficient (Wildman–Crippen LogP) is 2.42. The Kier molecular flexibility index (Phi) is 2.91. The molecule has 0 radical (unpaired) electrons. The number of nitrogens with zero attached hydrogens (tertiary/aromatic N) is 1. The smallest absolute Gasteiger partial charge is 0.0969 e. The molecule has 2 atom stereocenters. The van der Waals surface area contributed by atoms with Gasteiger partial charge in [0.25, 0.3) is 0 Å². The first-order valence-electron chi connectivity index (χ1n) is 4.48. The van der Waals surface area contributed by atoms with Crippen LogP contribution in [0.25, 0.3) is 0 Å². The van der Waals surface area contributed by atoms with Gasteiger partial charge in [-0.2, -0.15) is 11.8 Å². The van der Waals surface area contributed by atoms with E-state index in [4.69, 9.17) is 0 Å². The number of thiazole rings is 1. The summed E-state index contributed by atoms with van der Waals surface area (Å²) in [6.45, 7) is 1.77. The van der Waals surface area contributed by atoms with E-state index >= 15 is 0 Å². The van der Waals surface area contributed by atoms with Gasteiger partial charge in [0.1, 0.15) is 0 Å². The van der Waals surface area contributed by atoms with Gasteiger partial charge < -0.3 is 5.11 Å². The lowest BCUT2D eigenvalue weighted by molar-refractivity contribution is 0.195. The van der Waals surface area contributed by atoms with Crippen molar-refractivity contribution in [2.75, 3.05) is 11.5 Å². The topological polar surface area (TPSA) is 33.1 Å². The summed E-state index contributed by atoms with van der Waals surface area (Å²) in [6.07, 6.45) is 0.830. The number of rotatable bonds is 2. The number of hydrogen-bond donors (Lipinski definition) is 1. The molecule has 1 fully saturated rings. The molecule has 0 spiro atoms. The van der Waals surface area contributed by atoms with E-state index in [-0.39, 0.29) is 0 Å². The minimum Gasteiger partial charge on any atom is -0.387 e. The van der Waals surface area contributed by atoms with Crippen LogP contribution in [-0.2, 0) is 0 Å². The Morgan fingerprint density at radius 1 is 1.69 bits per heavy atom. The summed E-state index contributed by atoms with van der Waals surface area (Å²) >= 11 is 3.69. The third-order valence-electron chi connectivity index (χ3n) is 2.25. The summed E-state index contributed by atoms with van der Waals surface area (Å²) in [6, 6.07) is 0. The van der Waals surface area contributed by atoms with Crippen molar-refractivity contribution in [3.8, 4) is 0 Å². The molecular formula is C9H13NOS2. The molecule has 72 valence electrons. The highest BCUT2D eigenvalue weighted by molar-refractivity contribution is 7.99. The lowest BCUT2D eigenvalue weighted by atomic mass is 10.1. The summed E-state index contributed by atoms with van der Waals surface area (Å²) in [5.41, 5.74) is 0.830. The molecule has 2 nitrogen and oxygen atoms in total. The number of aliphatic hydroxyl groups excluding tert-OH is 1. The van der Waals surface area contributed by atoms with E-state index in [0.29, 0.717) is 5.92 Å². The van der Waals surface area contributed by atoms with Gasteiger partial charge in [0.2, 0.25) is 0 Å². The third-order valence-corrected chi connectivity index (χ3v) is 4.43. The zero-order valence-corrected chi connectivity index (χ0v) is 9.20. The van der Waals surface area contributed by atoms with Gasteiger partial charge in [-0.15, -0.1) is 11.3 Å². The zero-order chi connectivity index (χ0) is 9.26. The van der Waals surface area contributed by atoms with Crippen molar-refractivity contribution in [2.45, 2.75) is 25.4 Å². The van der Waals surface area contributed by atoms with Crippen molar-refractivity contribution in [2.24, 2.45) is 0 Å².